The van der Waals surface area contributed by atoms with Crippen LogP contribution in [-0.2, 0) is 20.1 Å². The molecule has 10 heteroatoms. The number of sulfonamides is 1. The second-order valence-corrected chi connectivity index (χ2v) is 5.99. The van der Waals surface area contributed by atoms with Crippen molar-refractivity contribution in [3.63, 3.8) is 0 Å². The first-order chi connectivity index (χ1) is 7.18. The molecule has 0 saturated heterocycles. The van der Waals surface area contributed by atoms with Crippen molar-refractivity contribution in [3.8, 4) is 0 Å². The van der Waals surface area contributed by atoms with E-state index in [2.05, 4.69) is 5.32 Å². The van der Waals surface area contributed by atoms with E-state index < -0.39 is 26.0 Å². The van der Waals surface area contributed by atoms with Gasteiger partial charge in [-0.05, 0) is 24.3 Å². The Morgan fingerprint density at radius 3 is 1.94 bits per heavy atom. The summed E-state index contributed by atoms with van der Waals surface area (Å²) in [6.07, 6.45) is 0. The summed E-state index contributed by atoms with van der Waals surface area (Å²) in [4.78, 5) is -0.0788. The van der Waals surface area contributed by atoms with Gasteiger partial charge in [-0.3, -0.25) is 4.55 Å². The van der Waals surface area contributed by atoms with Gasteiger partial charge in [0.15, 0.2) is 0 Å². The maximum Gasteiger partial charge on any atom is 1.00 e. The van der Waals surface area contributed by atoms with E-state index in [1.807, 2.05) is 0 Å². The minimum atomic E-state index is -4.11. The van der Waals surface area contributed by atoms with E-state index in [0.29, 0.717) is 5.69 Å². The third-order valence-electron chi connectivity index (χ3n) is 1.64. The first kappa shape index (κ1) is 16.8. The number of hydrogen-bond acceptors (Lipinski definition) is 5. The van der Waals surface area contributed by atoms with Gasteiger partial charge in [0.2, 0.25) is 10.0 Å². The van der Waals surface area contributed by atoms with Crippen LogP contribution in [0, 0.1) is 0 Å². The molecule has 0 saturated carbocycles. The van der Waals surface area contributed by atoms with Crippen molar-refractivity contribution in [1.82, 2.24) is 0 Å². The molecule has 0 aliphatic carbocycles. The summed E-state index contributed by atoms with van der Waals surface area (Å²) in [6, 6.07) is 5.12. The second kappa shape index (κ2) is 6.14. The van der Waals surface area contributed by atoms with Gasteiger partial charge in [-0.2, -0.15) is 8.42 Å². The third kappa shape index (κ3) is 6.36. The largest absolute Gasteiger partial charge is 1.00 e. The normalized spacial score (nSPS) is 11.6. The molecule has 1 aromatic rings. The van der Waals surface area contributed by atoms with Crippen LogP contribution in [0.3, 0.4) is 0 Å². The van der Waals surface area contributed by atoms with Crippen molar-refractivity contribution < 1.29 is 50.9 Å². The van der Waals surface area contributed by atoms with Crippen LogP contribution in [-0.4, -0.2) is 27.3 Å². The molecule has 0 aliphatic rings. The monoisotopic (exact) mass is 289 g/mol. The molecule has 17 heavy (non-hydrogen) atoms. The van der Waals surface area contributed by atoms with E-state index in [9.17, 15) is 16.8 Å². The molecular weight excluding hydrogens is 279 g/mol. The standard InChI is InChI=1S/C7H10N2O5S2.Na/c8-16(13,14)7-3-1-6(2-4-7)9-5-15(10,11)12;/h1-4,9H,5H2,(H2,8,13,14)(H,10,11,12);/q;+1. The first-order valence-corrected chi connectivity index (χ1v) is 7.16. The van der Waals surface area contributed by atoms with Crippen LogP contribution >= 0.6 is 0 Å². The molecule has 0 unspecified atom stereocenters. The van der Waals surface area contributed by atoms with Crippen LogP contribution in [0.2, 0.25) is 0 Å². The molecule has 7 nitrogen and oxygen atoms in total. The topological polar surface area (TPSA) is 127 Å². The van der Waals surface area contributed by atoms with Gasteiger partial charge in [0, 0.05) is 5.69 Å². The van der Waals surface area contributed by atoms with Crippen LogP contribution in [0.5, 0.6) is 0 Å². The van der Waals surface area contributed by atoms with Crippen molar-refractivity contribution in [1.29, 1.82) is 0 Å². The van der Waals surface area contributed by atoms with E-state index in [0.717, 1.165) is 0 Å². The Labute approximate surface area is 121 Å². The first-order valence-electron chi connectivity index (χ1n) is 4.00. The number of hydrogen-bond donors (Lipinski definition) is 3. The fourth-order valence-corrected chi connectivity index (χ4v) is 1.80. The molecule has 0 aromatic heterocycles. The third-order valence-corrected chi connectivity index (χ3v) is 3.08. The summed E-state index contributed by atoms with van der Waals surface area (Å²) in [6.45, 7) is 0. The Balaban J connectivity index is 0.00000256. The maximum atomic E-state index is 10.9. The van der Waals surface area contributed by atoms with E-state index >= 15 is 0 Å². The summed E-state index contributed by atoms with van der Waals surface area (Å²) >= 11 is 0. The Morgan fingerprint density at radius 2 is 1.59 bits per heavy atom. The Hall–Kier alpha value is -0.160. The zero-order valence-electron chi connectivity index (χ0n) is 8.99. The van der Waals surface area contributed by atoms with Crippen LogP contribution in [0.15, 0.2) is 29.2 Å². The zero-order valence-corrected chi connectivity index (χ0v) is 12.6. The summed E-state index contributed by atoms with van der Waals surface area (Å²) in [5.41, 5.74) is 0.352. The minimum Gasteiger partial charge on any atom is -0.370 e. The molecule has 0 spiro atoms. The molecule has 0 fully saturated rings. The van der Waals surface area contributed by atoms with E-state index in [1.54, 1.807) is 0 Å². The van der Waals surface area contributed by atoms with Gasteiger partial charge in [0.05, 0.1) is 4.90 Å². The van der Waals surface area contributed by atoms with Crippen LogP contribution in [0.4, 0.5) is 5.69 Å². The van der Waals surface area contributed by atoms with Crippen molar-refractivity contribution in [2.45, 2.75) is 4.90 Å². The Morgan fingerprint density at radius 1 is 1.12 bits per heavy atom. The summed E-state index contributed by atoms with van der Waals surface area (Å²) in [5, 5.41) is 7.26. The number of nitrogens with one attached hydrogen (secondary N) is 1. The van der Waals surface area contributed by atoms with Gasteiger partial charge in [0.25, 0.3) is 10.1 Å². The van der Waals surface area contributed by atoms with E-state index in [-0.39, 0.29) is 34.5 Å². The predicted octanol–water partition coefficient (Wildman–Crippen LogP) is -3.40. The molecule has 90 valence electrons. The molecule has 1 aromatic carbocycles. The SMILES string of the molecule is NS(=O)(=O)c1ccc(NCS(=O)(=O)O)cc1.[Na+]. The molecule has 0 bridgehead atoms. The van der Waals surface area contributed by atoms with Gasteiger partial charge in [-0.15, -0.1) is 0 Å². The molecule has 0 aliphatic heterocycles. The fourth-order valence-electron chi connectivity index (χ4n) is 0.937. The van der Waals surface area contributed by atoms with Crippen molar-refractivity contribution in [2.75, 3.05) is 11.2 Å². The number of benzene rings is 1. The molecule has 1 rings (SSSR count). The summed E-state index contributed by atoms with van der Waals surface area (Å²) < 4.78 is 51.0. The quantitative estimate of drug-likeness (QED) is 0.391. The van der Waals surface area contributed by atoms with Gasteiger partial charge < -0.3 is 5.32 Å². The maximum absolute atomic E-state index is 10.9. The summed E-state index contributed by atoms with van der Waals surface area (Å²) in [7, 11) is -7.87. The Bertz CT molecular complexity index is 567. The van der Waals surface area contributed by atoms with Crippen molar-refractivity contribution >= 4 is 25.8 Å². The second-order valence-electron chi connectivity index (χ2n) is 2.97. The number of anilines is 1. The molecule has 0 heterocycles. The number of nitrogens with two attached hydrogens (primary N) is 1. The van der Waals surface area contributed by atoms with Gasteiger partial charge in [-0.25, -0.2) is 13.6 Å². The Kier molecular flexibility index (Phi) is 6.08. The van der Waals surface area contributed by atoms with Crippen LogP contribution in [0.25, 0.3) is 0 Å². The smallest absolute Gasteiger partial charge is 0.370 e. The van der Waals surface area contributed by atoms with Crippen molar-refractivity contribution in [2.24, 2.45) is 5.14 Å². The zero-order chi connectivity index (χ0) is 12.4. The van der Waals surface area contributed by atoms with Crippen molar-refractivity contribution in [3.05, 3.63) is 24.3 Å². The molecule has 0 atom stereocenters. The van der Waals surface area contributed by atoms with Gasteiger partial charge in [-0.1, -0.05) is 0 Å². The molecular formula is C7H10N2NaO5S2+. The fraction of sp³-hybridized carbons (Fsp3) is 0.143. The van der Waals surface area contributed by atoms with E-state index in [1.165, 1.54) is 24.3 Å². The average Bonchev–Trinajstić information content (AvgIpc) is 2.13. The van der Waals surface area contributed by atoms with Gasteiger partial charge in [0.1, 0.15) is 5.88 Å². The van der Waals surface area contributed by atoms with Crippen LogP contribution < -0.4 is 40.0 Å². The molecule has 4 N–H and O–H groups in total. The minimum absolute atomic E-state index is 0. The van der Waals surface area contributed by atoms with Crippen LogP contribution in [0.1, 0.15) is 0 Å². The number of rotatable bonds is 4. The average molecular weight is 289 g/mol. The van der Waals surface area contributed by atoms with Gasteiger partial charge >= 0.3 is 29.6 Å². The number of primary sulfonamides is 1. The molecule has 0 amide bonds. The molecule has 0 radical (unpaired) electrons. The predicted molar refractivity (Wildman–Crippen MR) is 57.9 cm³/mol. The summed E-state index contributed by atoms with van der Waals surface area (Å²) in [5.74, 6) is -0.651. The van der Waals surface area contributed by atoms with E-state index in [4.69, 9.17) is 9.69 Å².